The molecule has 2 fully saturated rings. The van der Waals surface area contributed by atoms with Gasteiger partial charge in [0.05, 0.1) is 31.8 Å². The number of hydrogen-bond acceptors (Lipinski definition) is 4. The van der Waals surface area contributed by atoms with Crippen molar-refractivity contribution in [1.29, 1.82) is 0 Å². The van der Waals surface area contributed by atoms with E-state index in [0.29, 0.717) is 19.6 Å². The van der Waals surface area contributed by atoms with Gasteiger partial charge in [0, 0.05) is 19.0 Å². The zero-order valence-electron chi connectivity index (χ0n) is 15.5. The van der Waals surface area contributed by atoms with Gasteiger partial charge in [-0.25, -0.2) is 0 Å². The fourth-order valence-electron chi connectivity index (χ4n) is 4.40. The molecule has 0 saturated carbocycles. The van der Waals surface area contributed by atoms with E-state index in [9.17, 15) is 9.90 Å². The molecule has 2 aliphatic heterocycles. The summed E-state index contributed by atoms with van der Waals surface area (Å²) in [5.41, 5.74) is 2.12. The third-order valence-electron chi connectivity index (χ3n) is 6.07. The zero-order chi connectivity index (χ0) is 18.9. The molecule has 5 nitrogen and oxygen atoms in total. The average Bonchev–Trinajstić information content (AvgIpc) is 2.68. The summed E-state index contributed by atoms with van der Waals surface area (Å²) in [6, 6.07) is 18.2. The van der Waals surface area contributed by atoms with Crippen LogP contribution in [0.3, 0.4) is 0 Å². The van der Waals surface area contributed by atoms with Crippen LogP contribution in [0, 0.1) is 5.92 Å². The first-order valence-electron chi connectivity index (χ1n) is 9.39. The molecule has 142 valence electrons. The van der Waals surface area contributed by atoms with Crippen molar-refractivity contribution in [3.8, 4) is 5.75 Å². The Morgan fingerprint density at radius 2 is 1.85 bits per heavy atom. The minimum Gasteiger partial charge on any atom is -0.497 e. The number of rotatable bonds is 5. The van der Waals surface area contributed by atoms with Gasteiger partial charge in [-0.2, -0.15) is 0 Å². The molecule has 1 N–H and O–H groups in total. The molecule has 0 amide bonds. The molecule has 2 aliphatic rings. The van der Waals surface area contributed by atoms with E-state index in [1.807, 2.05) is 42.5 Å². The van der Waals surface area contributed by atoms with Crippen LogP contribution in [0.5, 0.6) is 5.75 Å². The van der Waals surface area contributed by atoms with Gasteiger partial charge in [-0.05, 0) is 29.7 Å². The second kappa shape index (κ2) is 7.33. The fourth-order valence-corrected chi connectivity index (χ4v) is 4.40. The minimum absolute atomic E-state index is 0.0202. The highest BCUT2D eigenvalue weighted by Gasteiger charge is 2.49. The average molecular weight is 367 g/mol. The Bertz CT molecular complexity index is 786. The highest BCUT2D eigenvalue weighted by Crippen LogP contribution is 2.42. The highest BCUT2D eigenvalue weighted by molar-refractivity contribution is 5.71. The maximum absolute atomic E-state index is 11.9. The lowest BCUT2D eigenvalue weighted by Crippen LogP contribution is -2.62. The van der Waals surface area contributed by atoms with Crippen LogP contribution >= 0.6 is 0 Å². The molecule has 2 atom stereocenters. The van der Waals surface area contributed by atoms with Gasteiger partial charge in [-0.1, -0.05) is 42.5 Å². The maximum atomic E-state index is 11.9. The normalized spacial score (nSPS) is 24.8. The van der Waals surface area contributed by atoms with Gasteiger partial charge < -0.3 is 14.6 Å². The first-order valence-corrected chi connectivity index (χ1v) is 9.39. The summed E-state index contributed by atoms with van der Waals surface area (Å²) in [5, 5.41) is 9.75. The molecule has 0 spiro atoms. The summed E-state index contributed by atoms with van der Waals surface area (Å²) < 4.78 is 10.9. The van der Waals surface area contributed by atoms with Crippen molar-refractivity contribution in [3.05, 3.63) is 65.7 Å². The monoisotopic (exact) mass is 367 g/mol. The Hall–Kier alpha value is -2.37. The number of carboxylic acids is 1. The van der Waals surface area contributed by atoms with Crippen LogP contribution in [0.1, 0.15) is 23.5 Å². The predicted molar refractivity (Wildman–Crippen MR) is 102 cm³/mol. The lowest BCUT2D eigenvalue weighted by Gasteiger charge is -2.53. The van der Waals surface area contributed by atoms with E-state index in [-0.39, 0.29) is 17.4 Å². The van der Waals surface area contributed by atoms with Gasteiger partial charge >= 0.3 is 5.97 Å². The third kappa shape index (κ3) is 3.22. The van der Waals surface area contributed by atoms with E-state index in [0.717, 1.165) is 24.4 Å². The van der Waals surface area contributed by atoms with E-state index in [1.54, 1.807) is 7.11 Å². The number of aliphatic carboxylic acids is 1. The Morgan fingerprint density at radius 1 is 1.15 bits per heavy atom. The Balaban J connectivity index is 1.63. The first-order chi connectivity index (χ1) is 13.1. The zero-order valence-corrected chi connectivity index (χ0v) is 15.5. The number of carboxylic acid groups (broad SMARTS) is 1. The van der Waals surface area contributed by atoms with Gasteiger partial charge in [0.1, 0.15) is 5.75 Å². The Morgan fingerprint density at radius 3 is 2.41 bits per heavy atom. The summed E-state index contributed by atoms with van der Waals surface area (Å²) in [4.78, 5) is 14.3. The number of nitrogens with zero attached hydrogens (tertiary/aromatic N) is 1. The van der Waals surface area contributed by atoms with Crippen molar-refractivity contribution in [2.45, 2.75) is 17.9 Å². The van der Waals surface area contributed by atoms with Crippen molar-refractivity contribution in [1.82, 2.24) is 4.90 Å². The fraction of sp³-hybridized carbons (Fsp3) is 0.409. The van der Waals surface area contributed by atoms with Crippen molar-refractivity contribution < 1.29 is 19.4 Å². The van der Waals surface area contributed by atoms with Crippen molar-refractivity contribution in [2.75, 3.05) is 33.4 Å². The summed E-state index contributed by atoms with van der Waals surface area (Å²) in [6.45, 7) is 2.75. The van der Waals surface area contributed by atoms with Crippen LogP contribution < -0.4 is 4.74 Å². The number of benzene rings is 2. The molecular formula is C22H25NO4. The molecule has 0 unspecified atom stereocenters. The van der Waals surface area contributed by atoms with Crippen molar-refractivity contribution >= 4 is 5.97 Å². The molecule has 4 rings (SSSR count). The lowest BCUT2D eigenvalue weighted by molar-refractivity contribution is -0.164. The van der Waals surface area contributed by atoms with E-state index in [4.69, 9.17) is 9.47 Å². The Labute approximate surface area is 159 Å². The SMILES string of the molecule is COc1ccc(C2(N3CC[C@@H](C(=O)O)[C@H](c4ccccc4)C3)COC2)cc1. The molecule has 2 saturated heterocycles. The molecule has 0 bridgehead atoms. The number of carbonyl (C=O) groups is 1. The molecule has 2 aromatic carbocycles. The molecular weight excluding hydrogens is 342 g/mol. The molecule has 0 radical (unpaired) electrons. The quantitative estimate of drug-likeness (QED) is 0.880. The summed E-state index contributed by atoms with van der Waals surface area (Å²) in [7, 11) is 1.67. The first kappa shape index (κ1) is 18.0. The van der Waals surface area contributed by atoms with Gasteiger partial charge in [0.15, 0.2) is 0 Å². The molecule has 2 aromatic rings. The molecule has 2 heterocycles. The summed E-state index contributed by atoms with van der Waals surface area (Å²) in [6.07, 6.45) is 0.646. The number of hydrogen-bond donors (Lipinski definition) is 1. The number of methoxy groups -OCH3 is 1. The standard InChI is InChI=1S/C22H25NO4/c1-26-18-9-7-17(8-10-18)22(14-27-15-22)23-12-11-19(21(24)25)20(13-23)16-5-3-2-4-6-16/h2-10,19-20H,11-15H2,1H3,(H,24,25)/t19-,20+/m1/s1. The largest absolute Gasteiger partial charge is 0.497 e. The molecule has 0 aromatic heterocycles. The summed E-state index contributed by atoms with van der Waals surface area (Å²) >= 11 is 0. The molecule has 0 aliphatic carbocycles. The smallest absolute Gasteiger partial charge is 0.307 e. The topological polar surface area (TPSA) is 59.0 Å². The van der Waals surface area contributed by atoms with E-state index < -0.39 is 5.97 Å². The van der Waals surface area contributed by atoms with Crippen molar-refractivity contribution in [3.63, 3.8) is 0 Å². The van der Waals surface area contributed by atoms with Crippen molar-refractivity contribution in [2.24, 2.45) is 5.92 Å². The third-order valence-corrected chi connectivity index (χ3v) is 6.07. The number of piperidine rings is 1. The van der Waals surface area contributed by atoms with Crippen LogP contribution in [0.2, 0.25) is 0 Å². The molecule has 5 heteroatoms. The van der Waals surface area contributed by atoms with Crippen LogP contribution in [-0.4, -0.2) is 49.4 Å². The number of likely N-dealkylation sites (tertiary alicyclic amines) is 1. The molecule has 27 heavy (non-hydrogen) atoms. The predicted octanol–water partition coefficient (Wildman–Crippen LogP) is 3.11. The van der Waals surface area contributed by atoms with E-state index >= 15 is 0 Å². The highest BCUT2D eigenvalue weighted by atomic mass is 16.5. The van der Waals surface area contributed by atoms with Crippen LogP contribution in [0.25, 0.3) is 0 Å². The second-order valence-electron chi connectivity index (χ2n) is 7.45. The maximum Gasteiger partial charge on any atom is 0.307 e. The van der Waals surface area contributed by atoms with Gasteiger partial charge in [-0.3, -0.25) is 9.69 Å². The van der Waals surface area contributed by atoms with Crippen LogP contribution in [0.4, 0.5) is 0 Å². The van der Waals surface area contributed by atoms with Gasteiger partial charge in [-0.15, -0.1) is 0 Å². The Kier molecular flexibility index (Phi) is 4.89. The van der Waals surface area contributed by atoms with Gasteiger partial charge in [0.25, 0.3) is 0 Å². The lowest BCUT2D eigenvalue weighted by atomic mass is 9.77. The number of ether oxygens (including phenoxy) is 2. The van der Waals surface area contributed by atoms with E-state index in [1.165, 1.54) is 5.56 Å². The van der Waals surface area contributed by atoms with Gasteiger partial charge in [0.2, 0.25) is 0 Å². The van der Waals surface area contributed by atoms with E-state index in [2.05, 4.69) is 17.0 Å². The van der Waals surface area contributed by atoms with Crippen LogP contribution in [0.15, 0.2) is 54.6 Å². The van der Waals surface area contributed by atoms with Crippen LogP contribution in [-0.2, 0) is 15.1 Å². The summed E-state index contributed by atoms with van der Waals surface area (Å²) in [5.74, 6) is -0.238. The minimum atomic E-state index is -0.702. The second-order valence-corrected chi connectivity index (χ2v) is 7.45.